The molecule has 0 radical (unpaired) electrons. The van der Waals surface area contributed by atoms with E-state index in [0.717, 1.165) is 34.3 Å². The molecule has 3 nitrogen and oxygen atoms in total. The lowest BCUT2D eigenvalue weighted by Gasteiger charge is -2.34. The van der Waals surface area contributed by atoms with Crippen molar-refractivity contribution < 1.29 is 0 Å². The van der Waals surface area contributed by atoms with Crippen LogP contribution in [0.1, 0.15) is 25.5 Å². The molecule has 2 unspecified atom stereocenters. The Morgan fingerprint density at radius 2 is 2.26 bits per heavy atom. The third-order valence-corrected chi connectivity index (χ3v) is 4.66. The molecule has 1 aromatic rings. The first-order valence-electron chi connectivity index (χ1n) is 6.34. The summed E-state index contributed by atoms with van der Waals surface area (Å²) in [5.41, 5.74) is 7.12. The van der Waals surface area contributed by atoms with E-state index in [1.807, 2.05) is 6.20 Å². The second-order valence-electron chi connectivity index (χ2n) is 5.08. The second-order valence-corrected chi connectivity index (χ2v) is 6.85. The van der Waals surface area contributed by atoms with E-state index in [1.54, 1.807) is 0 Å². The molecule has 2 rings (SSSR count). The first kappa shape index (κ1) is 17.4. The number of hydrogen-bond acceptors (Lipinski definition) is 3. The predicted octanol–water partition coefficient (Wildman–Crippen LogP) is 3.59. The van der Waals surface area contributed by atoms with Crippen molar-refractivity contribution in [2.24, 2.45) is 11.7 Å². The lowest BCUT2D eigenvalue weighted by Crippen LogP contribution is -2.42. The number of nitrogens with zero attached hydrogens (tertiary/aromatic N) is 2. The monoisotopic (exact) mass is 411 g/mol. The molecule has 0 saturated carbocycles. The van der Waals surface area contributed by atoms with Gasteiger partial charge < -0.3 is 5.73 Å². The van der Waals surface area contributed by atoms with Crippen LogP contribution in [0.25, 0.3) is 0 Å². The SMILES string of the molecule is CC(N)C1CCCN(Cc2ncc(Br)cc2Br)C1.Cl. The molecule has 6 heteroatoms. The summed E-state index contributed by atoms with van der Waals surface area (Å²) in [6.07, 6.45) is 4.34. The van der Waals surface area contributed by atoms with Crippen molar-refractivity contribution in [3.63, 3.8) is 0 Å². The molecule has 19 heavy (non-hydrogen) atoms. The molecule has 0 aromatic carbocycles. The topological polar surface area (TPSA) is 42.1 Å². The van der Waals surface area contributed by atoms with Gasteiger partial charge >= 0.3 is 0 Å². The molecule has 1 aliphatic rings. The fraction of sp³-hybridized carbons (Fsp3) is 0.615. The molecule has 2 atom stereocenters. The number of hydrogen-bond donors (Lipinski definition) is 1. The average molecular weight is 414 g/mol. The van der Waals surface area contributed by atoms with Gasteiger partial charge in [0, 0.05) is 34.3 Å². The van der Waals surface area contributed by atoms with Gasteiger partial charge in [0.25, 0.3) is 0 Å². The summed E-state index contributed by atoms with van der Waals surface area (Å²) in [6.45, 7) is 5.24. The Balaban J connectivity index is 0.00000180. The fourth-order valence-electron chi connectivity index (χ4n) is 2.44. The second kappa shape index (κ2) is 7.93. The van der Waals surface area contributed by atoms with E-state index in [2.05, 4.69) is 54.7 Å². The highest BCUT2D eigenvalue weighted by Gasteiger charge is 2.23. The van der Waals surface area contributed by atoms with Crippen LogP contribution in [0.2, 0.25) is 0 Å². The Morgan fingerprint density at radius 1 is 1.53 bits per heavy atom. The van der Waals surface area contributed by atoms with E-state index in [-0.39, 0.29) is 18.4 Å². The van der Waals surface area contributed by atoms with Crippen molar-refractivity contribution >= 4 is 44.3 Å². The number of aromatic nitrogens is 1. The van der Waals surface area contributed by atoms with Crippen molar-refractivity contribution in [2.75, 3.05) is 13.1 Å². The van der Waals surface area contributed by atoms with Gasteiger partial charge in [0.05, 0.1) is 5.69 Å². The Kier molecular flexibility index (Phi) is 7.25. The van der Waals surface area contributed by atoms with E-state index < -0.39 is 0 Å². The smallest absolute Gasteiger partial charge is 0.0686 e. The maximum Gasteiger partial charge on any atom is 0.0686 e. The highest BCUT2D eigenvalue weighted by atomic mass is 79.9. The van der Waals surface area contributed by atoms with Crippen LogP contribution in [-0.2, 0) is 6.54 Å². The Bertz CT molecular complexity index is 415. The minimum atomic E-state index is 0. The molecule has 1 aromatic heterocycles. The first-order valence-corrected chi connectivity index (χ1v) is 7.92. The lowest BCUT2D eigenvalue weighted by molar-refractivity contribution is 0.152. The van der Waals surface area contributed by atoms with Crippen LogP contribution in [0.5, 0.6) is 0 Å². The summed E-state index contributed by atoms with van der Waals surface area (Å²) in [4.78, 5) is 6.93. The van der Waals surface area contributed by atoms with Crippen molar-refractivity contribution in [1.82, 2.24) is 9.88 Å². The number of piperidine rings is 1. The van der Waals surface area contributed by atoms with Crippen molar-refractivity contribution in [1.29, 1.82) is 0 Å². The Morgan fingerprint density at radius 3 is 2.89 bits per heavy atom. The molecule has 1 fully saturated rings. The van der Waals surface area contributed by atoms with Gasteiger partial charge in [0.2, 0.25) is 0 Å². The van der Waals surface area contributed by atoms with E-state index in [0.29, 0.717) is 5.92 Å². The lowest BCUT2D eigenvalue weighted by atomic mass is 9.92. The first-order chi connectivity index (χ1) is 8.56. The molecular formula is C13H20Br2ClN3. The highest BCUT2D eigenvalue weighted by Crippen LogP contribution is 2.24. The van der Waals surface area contributed by atoms with E-state index in [1.165, 1.54) is 12.8 Å². The van der Waals surface area contributed by atoms with Crippen LogP contribution < -0.4 is 5.73 Å². The third kappa shape index (κ3) is 4.97. The molecular weight excluding hydrogens is 393 g/mol. The normalized spacial score (nSPS) is 21.8. The van der Waals surface area contributed by atoms with Gasteiger partial charge in [-0.1, -0.05) is 0 Å². The van der Waals surface area contributed by atoms with Gasteiger partial charge in [-0.15, -0.1) is 12.4 Å². The zero-order valence-corrected chi connectivity index (χ0v) is 15.0. The number of rotatable bonds is 3. The van der Waals surface area contributed by atoms with Gasteiger partial charge in [-0.3, -0.25) is 9.88 Å². The van der Waals surface area contributed by atoms with Gasteiger partial charge in [0.15, 0.2) is 0 Å². The van der Waals surface area contributed by atoms with Gasteiger partial charge in [-0.05, 0) is 70.2 Å². The predicted molar refractivity (Wildman–Crippen MR) is 88.5 cm³/mol. The molecule has 0 bridgehead atoms. The molecule has 108 valence electrons. The Hall–Kier alpha value is 0.320. The minimum Gasteiger partial charge on any atom is -0.328 e. The van der Waals surface area contributed by atoms with Crippen LogP contribution in [0.15, 0.2) is 21.2 Å². The fourth-order valence-corrected chi connectivity index (χ4v) is 3.55. The van der Waals surface area contributed by atoms with Crippen molar-refractivity contribution in [3.05, 3.63) is 26.9 Å². The summed E-state index contributed by atoms with van der Waals surface area (Å²) >= 11 is 7.00. The summed E-state index contributed by atoms with van der Waals surface area (Å²) in [5, 5.41) is 0. The van der Waals surface area contributed by atoms with E-state index >= 15 is 0 Å². The standard InChI is InChI=1S/C13H19Br2N3.ClH/c1-9(16)10-3-2-4-18(7-10)8-13-12(15)5-11(14)6-17-13;/h5-6,9-10H,2-4,7-8,16H2,1H3;1H. The van der Waals surface area contributed by atoms with Crippen LogP contribution >= 0.6 is 44.3 Å². The Labute approximate surface area is 138 Å². The van der Waals surface area contributed by atoms with E-state index in [9.17, 15) is 0 Å². The molecule has 0 spiro atoms. The molecule has 2 N–H and O–H groups in total. The third-order valence-electron chi connectivity index (χ3n) is 3.54. The van der Waals surface area contributed by atoms with Gasteiger partial charge in [-0.25, -0.2) is 0 Å². The molecule has 0 amide bonds. The van der Waals surface area contributed by atoms with Crippen LogP contribution in [0, 0.1) is 5.92 Å². The van der Waals surface area contributed by atoms with Crippen molar-refractivity contribution in [3.8, 4) is 0 Å². The number of likely N-dealkylation sites (tertiary alicyclic amines) is 1. The largest absolute Gasteiger partial charge is 0.328 e. The molecule has 1 aliphatic heterocycles. The zero-order chi connectivity index (χ0) is 13.1. The summed E-state index contributed by atoms with van der Waals surface area (Å²) in [7, 11) is 0. The number of nitrogens with two attached hydrogens (primary N) is 1. The maximum absolute atomic E-state index is 6.01. The van der Waals surface area contributed by atoms with Crippen LogP contribution in [0.4, 0.5) is 0 Å². The average Bonchev–Trinajstić information content (AvgIpc) is 2.33. The molecule has 1 saturated heterocycles. The van der Waals surface area contributed by atoms with Gasteiger partial charge in [-0.2, -0.15) is 0 Å². The quantitative estimate of drug-likeness (QED) is 0.824. The molecule has 2 heterocycles. The summed E-state index contributed by atoms with van der Waals surface area (Å²) in [6, 6.07) is 2.34. The minimum absolute atomic E-state index is 0. The maximum atomic E-state index is 6.01. The molecule has 0 aliphatic carbocycles. The van der Waals surface area contributed by atoms with Crippen LogP contribution in [-0.4, -0.2) is 29.0 Å². The van der Waals surface area contributed by atoms with Crippen LogP contribution in [0.3, 0.4) is 0 Å². The highest BCUT2D eigenvalue weighted by molar-refractivity contribution is 9.11. The van der Waals surface area contributed by atoms with E-state index in [4.69, 9.17) is 5.73 Å². The summed E-state index contributed by atoms with van der Waals surface area (Å²) < 4.78 is 2.07. The van der Waals surface area contributed by atoms with Crippen molar-refractivity contribution in [2.45, 2.75) is 32.4 Å². The van der Waals surface area contributed by atoms with Gasteiger partial charge in [0.1, 0.15) is 0 Å². The summed E-state index contributed by atoms with van der Waals surface area (Å²) in [5.74, 6) is 0.618. The number of pyridine rings is 1. The zero-order valence-electron chi connectivity index (χ0n) is 11.0. The number of halogens is 3.